The van der Waals surface area contributed by atoms with Crippen molar-refractivity contribution in [2.75, 3.05) is 12.4 Å². The summed E-state index contributed by atoms with van der Waals surface area (Å²) in [6.45, 7) is -2.05. The fraction of sp³-hybridized carbons (Fsp3) is 0.938. The summed E-state index contributed by atoms with van der Waals surface area (Å²) in [6.07, 6.45) is -13.8. The minimum Gasteiger partial charge on any atom is -0.481 e. The standard InChI is InChI=1S/C16H11F21O4S/c17-7(18,6(41)4(3-38)42-2-1-5(39)40)8(19,20)9(21,22)10(23,24)11(25,26)12(27,28)13(29,30)14(31,32)15(33,34)16(35,36)37/h4,6,38,41H,1-3H2,(H,39,40). The van der Waals surface area contributed by atoms with Crippen LogP contribution in [-0.2, 0) is 4.79 Å². The third-order valence-corrected chi connectivity index (χ3v) is 6.36. The molecule has 0 aliphatic heterocycles. The Morgan fingerprint density at radius 1 is 0.548 bits per heavy atom. The largest absolute Gasteiger partial charge is 0.481 e. The summed E-state index contributed by atoms with van der Waals surface area (Å²) in [4.78, 5) is 10.3. The number of hydrogen-bond acceptors (Lipinski definition) is 4. The van der Waals surface area contributed by atoms with Crippen molar-refractivity contribution in [2.24, 2.45) is 0 Å². The SMILES string of the molecule is O=C(O)CCSC(CO)C(O)C(F)(F)C(F)(F)C(F)(F)C(F)(F)C(F)(F)C(F)(F)C(F)(F)C(F)(F)C(F)(F)C(F)(F)F. The zero-order chi connectivity index (χ0) is 34.6. The van der Waals surface area contributed by atoms with Gasteiger partial charge in [0, 0.05) is 5.75 Å². The maximum atomic E-state index is 14.1. The number of thioether (sulfide) groups is 1. The van der Waals surface area contributed by atoms with Crippen LogP contribution < -0.4 is 0 Å². The number of hydrogen-bond donors (Lipinski definition) is 3. The number of carboxylic acids is 1. The lowest BCUT2D eigenvalue weighted by Crippen LogP contribution is -2.77. The Hall–Kier alpha value is -1.73. The highest BCUT2D eigenvalue weighted by Crippen LogP contribution is 2.66. The molecule has 252 valence electrons. The lowest BCUT2D eigenvalue weighted by atomic mass is 9.85. The highest BCUT2D eigenvalue weighted by atomic mass is 32.2. The fourth-order valence-corrected chi connectivity index (χ4v) is 3.58. The molecule has 3 N–H and O–H groups in total. The number of aliphatic hydroxyl groups is 2. The molecule has 0 aliphatic carbocycles. The molecule has 26 heteroatoms. The van der Waals surface area contributed by atoms with Gasteiger partial charge in [-0.3, -0.25) is 4.79 Å². The molecule has 2 atom stereocenters. The summed E-state index contributed by atoms with van der Waals surface area (Å²) in [7, 11) is 0. The number of aliphatic carboxylic acids is 1. The minimum atomic E-state index is -9.31. The van der Waals surface area contributed by atoms with Crippen LogP contribution in [0.2, 0.25) is 0 Å². The van der Waals surface area contributed by atoms with Gasteiger partial charge in [0.2, 0.25) is 0 Å². The molecule has 0 aliphatic rings. The Labute approximate surface area is 220 Å². The second kappa shape index (κ2) is 11.3. The second-order valence-corrected chi connectivity index (χ2v) is 9.24. The van der Waals surface area contributed by atoms with Crippen LogP contribution in [-0.4, -0.2) is 104 Å². The van der Waals surface area contributed by atoms with Crippen molar-refractivity contribution in [1.82, 2.24) is 0 Å². The van der Waals surface area contributed by atoms with Crippen LogP contribution in [0.4, 0.5) is 92.2 Å². The molecule has 0 spiro atoms. The molecular formula is C16H11F21O4S. The first-order chi connectivity index (χ1) is 18.0. The average molecular weight is 698 g/mol. The highest BCUT2D eigenvalue weighted by Gasteiger charge is 2.98. The van der Waals surface area contributed by atoms with Gasteiger partial charge in [-0.2, -0.15) is 104 Å². The number of carboxylic acid groups (broad SMARTS) is 1. The topological polar surface area (TPSA) is 77.8 Å². The Bertz CT molecular complexity index is 962. The van der Waals surface area contributed by atoms with Crippen molar-refractivity contribution < 1.29 is 112 Å². The van der Waals surface area contributed by atoms with Gasteiger partial charge in [-0.25, -0.2) is 0 Å². The molecule has 0 rings (SSSR count). The minimum absolute atomic E-state index is 0.501. The monoisotopic (exact) mass is 698 g/mol. The molecule has 0 saturated carbocycles. The van der Waals surface area contributed by atoms with Gasteiger partial charge in [-0.1, -0.05) is 0 Å². The zero-order valence-electron chi connectivity index (χ0n) is 18.9. The van der Waals surface area contributed by atoms with E-state index in [1.165, 1.54) is 0 Å². The van der Waals surface area contributed by atoms with E-state index in [9.17, 15) is 102 Å². The van der Waals surface area contributed by atoms with Crippen LogP contribution in [0, 0.1) is 0 Å². The van der Waals surface area contributed by atoms with Crippen molar-refractivity contribution in [3.05, 3.63) is 0 Å². The second-order valence-electron chi connectivity index (χ2n) is 7.90. The Balaban J connectivity index is 6.97. The summed E-state index contributed by atoms with van der Waals surface area (Å²) in [5.41, 5.74) is 0. The van der Waals surface area contributed by atoms with Crippen molar-refractivity contribution >= 4 is 17.7 Å². The van der Waals surface area contributed by atoms with E-state index in [2.05, 4.69) is 0 Å². The number of rotatable bonds is 15. The molecule has 0 amide bonds. The molecule has 0 saturated heterocycles. The van der Waals surface area contributed by atoms with E-state index < -0.39 is 107 Å². The van der Waals surface area contributed by atoms with E-state index in [4.69, 9.17) is 10.2 Å². The third kappa shape index (κ3) is 5.62. The molecule has 4 nitrogen and oxygen atoms in total. The maximum Gasteiger partial charge on any atom is 0.460 e. The Kier molecular flexibility index (Phi) is 10.9. The summed E-state index contributed by atoms with van der Waals surface area (Å²) < 4.78 is 281. The summed E-state index contributed by atoms with van der Waals surface area (Å²) in [5, 5.41) is 23.4. The quantitative estimate of drug-likeness (QED) is 0.178. The fourth-order valence-electron chi connectivity index (χ4n) is 2.53. The summed E-state index contributed by atoms with van der Waals surface area (Å²) in [6, 6.07) is 0. The molecular weight excluding hydrogens is 687 g/mol. The number of aliphatic hydroxyl groups excluding tert-OH is 2. The smallest absolute Gasteiger partial charge is 0.460 e. The summed E-state index contributed by atoms with van der Waals surface area (Å²) in [5.74, 6) is -81.9. The highest BCUT2D eigenvalue weighted by molar-refractivity contribution is 8.00. The van der Waals surface area contributed by atoms with Crippen molar-refractivity contribution in [3.8, 4) is 0 Å². The maximum absolute atomic E-state index is 14.1. The molecule has 42 heavy (non-hydrogen) atoms. The molecule has 0 aromatic rings. The lowest BCUT2D eigenvalue weighted by molar-refractivity contribution is -0.475. The lowest BCUT2D eigenvalue weighted by Gasteiger charge is -2.45. The van der Waals surface area contributed by atoms with Gasteiger partial charge in [0.15, 0.2) is 0 Å². The summed E-state index contributed by atoms with van der Waals surface area (Å²) >= 11 is -0.501. The van der Waals surface area contributed by atoms with Crippen molar-refractivity contribution in [2.45, 2.75) is 77.3 Å². The number of alkyl halides is 21. The van der Waals surface area contributed by atoms with Gasteiger partial charge in [-0.05, 0) is 0 Å². The first-order valence-corrected chi connectivity index (χ1v) is 10.7. The normalized spacial score (nSPS) is 17.3. The molecule has 0 fully saturated rings. The molecule has 0 heterocycles. The molecule has 0 aromatic heterocycles. The van der Waals surface area contributed by atoms with Gasteiger partial charge in [-0.15, -0.1) is 0 Å². The molecule has 0 radical (unpaired) electrons. The van der Waals surface area contributed by atoms with Crippen LogP contribution in [0.1, 0.15) is 6.42 Å². The van der Waals surface area contributed by atoms with E-state index in [1.54, 1.807) is 0 Å². The first kappa shape index (κ1) is 40.3. The third-order valence-electron chi connectivity index (χ3n) is 5.09. The van der Waals surface area contributed by atoms with Crippen LogP contribution in [0.3, 0.4) is 0 Å². The van der Waals surface area contributed by atoms with E-state index in [-0.39, 0.29) is 0 Å². The average Bonchev–Trinajstić information content (AvgIpc) is 2.79. The van der Waals surface area contributed by atoms with E-state index in [0.29, 0.717) is 0 Å². The predicted molar refractivity (Wildman–Crippen MR) is 92.2 cm³/mol. The predicted octanol–water partition coefficient (Wildman–Crippen LogP) is 6.20. The van der Waals surface area contributed by atoms with Crippen molar-refractivity contribution in [1.29, 1.82) is 0 Å². The van der Waals surface area contributed by atoms with Crippen molar-refractivity contribution in [3.63, 3.8) is 0 Å². The molecule has 2 unspecified atom stereocenters. The number of halogens is 21. The van der Waals surface area contributed by atoms with Gasteiger partial charge in [0.05, 0.1) is 18.3 Å². The first-order valence-electron chi connectivity index (χ1n) is 9.63. The molecule has 0 bridgehead atoms. The van der Waals surface area contributed by atoms with Gasteiger partial charge in [0.25, 0.3) is 0 Å². The van der Waals surface area contributed by atoms with Crippen LogP contribution in [0.15, 0.2) is 0 Å². The van der Waals surface area contributed by atoms with Gasteiger partial charge >= 0.3 is 65.4 Å². The number of carbonyl (C=O) groups is 1. The van der Waals surface area contributed by atoms with Crippen LogP contribution in [0.25, 0.3) is 0 Å². The Morgan fingerprint density at radius 3 is 1.10 bits per heavy atom. The van der Waals surface area contributed by atoms with Crippen LogP contribution >= 0.6 is 11.8 Å². The molecule has 0 aromatic carbocycles. The Morgan fingerprint density at radius 2 is 0.833 bits per heavy atom. The van der Waals surface area contributed by atoms with Gasteiger partial charge in [0.1, 0.15) is 6.10 Å². The van der Waals surface area contributed by atoms with Crippen LogP contribution in [0.5, 0.6) is 0 Å². The van der Waals surface area contributed by atoms with Gasteiger partial charge < -0.3 is 15.3 Å². The van der Waals surface area contributed by atoms with E-state index in [1.807, 2.05) is 0 Å². The van der Waals surface area contributed by atoms with E-state index >= 15 is 0 Å². The zero-order valence-corrected chi connectivity index (χ0v) is 19.7. The van der Waals surface area contributed by atoms with E-state index in [0.717, 1.165) is 0 Å².